The van der Waals surface area contributed by atoms with Crippen LogP contribution in [-0.4, -0.2) is 38.0 Å². The van der Waals surface area contributed by atoms with Crippen LogP contribution in [0.1, 0.15) is 11.1 Å². The molecule has 0 aliphatic heterocycles. The zero-order valence-corrected chi connectivity index (χ0v) is 17.8. The summed E-state index contributed by atoms with van der Waals surface area (Å²) in [5.41, 5.74) is 3.24. The molecule has 6 nitrogen and oxygen atoms in total. The molecule has 1 amide bonds. The number of aromatic nitrogens is 4. The van der Waals surface area contributed by atoms with Crippen LogP contribution in [0.5, 0.6) is 0 Å². The maximum absolute atomic E-state index is 12.4. The third-order valence-electron chi connectivity index (χ3n) is 4.73. The smallest absolute Gasteiger partial charge is 0.230 e. The fraction of sp³-hybridized carbons (Fsp3) is 0.167. The van der Waals surface area contributed by atoms with Crippen molar-refractivity contribution >= 4 is 17.7 Å². The van der Waals surface area contributed by atoms with Crippen LogP contribution in [0.3, 0.4) is 0 Å². The van der Waals surface area contributed by atoms with E-state index in [9.17, 15) is 4.79 Å². The predicted octanol–water partition coefficient (Wildman–Crippen LogP) is 3.84. The number of carbonyl (C=O) groups excluding carboxylic acids is 1. The normalized spacial score (nSPS) is 10.7. The number of carbonyl (C=O) groups is 1. The molecule has 2 aromatic carbocycles. The molecule has 4 aromatic rings. The highest BCUT2D eigenvalue weighted by Gasteiger charge is 2.16. The lowest BCUT2D eigenvalue weighted by atomic mass is 10.1. The molecule has 0 aliphatic carbocycles. The van der Waals surface area contributed by atoms with E-state index in [1.54, 1.807) is 12.4 Å². The summed E-state index contributed by atoms with van der Waals surface area (Å²) in [5, 5.41) is 12.4. The number of benzene rings is 2. The molecule has 0 radical (unpaired) electrons. The molecule has 0 spiro atoms. The summed E-state index contributed by atoms with van der Waals surface area (Å²) in [6, 6.07) is 24.1. The van der Waals surface area contributed by atoms with Crippen molar-refractivity contribution in [1.82, 2.24) is 25.1 Å². The third-order valence-corrected chi connectivity index (χ3v) is 5.70. The molecule has 0 unspecified atom stereocenters. The van der Waals surface area contributed by atoms with Crippen molar-refractivity contribution < 1.29 is 4.79 Å². The van der Waals surface area contributed by atoms with E-state index in [0.717, 1.165) is 23.4 Å². The van der Waals surface area contributed by atoms with Crippen molar-refractivity contribution in [3.63, 3.8) is 0 Å². The number of nitrogens with one attached hydrogen (secondary N) is 1. The van der Waals surface area contributed by atoms with Crippen LogP contribution in [-0.2, 0) is 17.8 Å². The van der Waals surface area contributed by atoms with Gasteiger partial charge in [0, 0.05) is 24.5 Å². The van der Waals surface area contributed by atoms with Crippen molar-refractivity contribution in [2.45, 2.75) is 18.1 Å². The number of rotatable bonds is 9. The molecule has 0 fully saturated rings. The molecule has 0 saturated carbocycles. The van der Waals surface area contributed by atoms with Crippen LogP contribution >= 0.6 is 11.8 Å². The van der Waals surface area contributed by atoms with Crippen molar-refractivity contribution in [3.05, 3.63) is 96.3 Å². The lowest BCUT2D eigenvalue weighted by Gasteiger charge is -2.10. The van der Waals surface area contributed by atoms with Gasteiger partial charge in [-0.05, 0) is 29.7 Å². The molecule has 7 heteroatoms. The molecule has 4 rings (SSSR count). The first-order chi connectivity index (χ1) is 15.3. The Bertz CT molecular complexity index is 1100. The van der Waals surface area contributed by atoms with E-state index in [2.05, 4.69) is 44.8 Å². The Balaban J connectivity index is 1.42. The summed E-state index contributed by atoms with van der Waals surface area (Å²) in [7, 11) is 0. The highest BCUT2D eigenvalue weighted by atomic mass is 32.2. The minimum Gasteiger partial charge on any atom is -0.355 e. The van der Waals surface area contributed by atoms with Gasteiger partial charge in [-0.25, -0.2) is 0 Å². The van der Waals surface area contributed by atoms with Gasteiger partial charge in [-0.3, -0.25) is 14.3 Å². The Kier molecular flexibility index (Phi) is 7.08. The average molecular weight is 430 g/mol. The summed E-state index contributed by atoms with van der Waals surface area (Å²) in [5.74, 6) is 1.01. The van der Waals surface area contributed by atoms with Crippen molar-refractivity contribution in [2.75, 3.05) is 12.3 Å². The minimum atomic E-state index is -0.0156. The molecule has 0 saturated heterocycles. The number of amides is 1. The lowest BCUT2D eigenvalue weighted by molar-refractivity contribution is -0.118. The first-order valence-electron chi connectivity index (χ1n) is 10.1. The zero-order valence-electron chi connectivity index (χ0n) is 17.0. The maximum Gasteiger partial charge on any atom is 0.230 e. The molecule has 0 atom stereocenters. The van der Waals surface area contributed by atoms with Crippen LogP contribution in [0, 0.1) is 0 Å². The van der Waals surface area contributed by atoms with E-state index in [0.29, 0.717) is 18.2 Å². The van der Waals surface area contributed by atoms with Crippen LogP contribution < -0.4 is 5.32 Å². The fourth-order valence-electron chi connectivity index (χ4n) is 3.18. The van der Waals surface area contributed by atoms with Gasteiger partial charge in [0.05, 0.1) is 12.3 Å². The Morgan fingerprint density at radius 3 is 2.35 bits per heavy atom. The number of nitrogens with zero attached hydrogens (tertiary/aromatic N) is 4. The van der Waals surface area contributed by atoms with E-state index < -0.39 is 0 Å². The highest BCUT2D eigenvalue weighted by Crippen LogP contribution is 2.24. The third kappa shape index (κ3) is 5.79. The van der Waals surface area contributed by atoms with Crippen LogP contribution in [0.15, 0.2) is 90.3 Å². The number of thioether (sulfide) groups is 1. The van der Waals surface area contributed by atoms with Crippen LogP contribution in [0.2, 0.25) is 0 Å². The zero-order chi connectivity index (χ0) is 21.3. The molecule has 1 N–H and O–H groups in total. The highest BCUT2D eigenvalue weighted by molar-refractivity contribution is 7.99. The topological polar surface area (TPSA) is 72.7 Å². The maximum atomic E-state index is 12.4. The van der Waals surface area contributed by atoms with Gasteiger partial charge in [-0.1, -0.05) is 72.4 Å². The molecule has 2 heterocycles. The lowest BCUT2D eigenvalue weighted by Crippen LogP contribution is -2.27. The first kappa shape index (κ1) is 20.8. The molecule has 0 bridgehead atoms. The van der Waals surface area contributed by atoms with Gasteiger partial charge in [0.2, 0.25) is 5.91 Å². The number of hydrogen-bond acceptors (Lipinski definition) is 5. The van der Waals surface area contributed by atoms with E-state index in [4.69, 9.17) is 0 Å². The van der Waals surface area contributed by atoms with Crippen molar-refractivity contribution in [1.29, 1.82) is 0 Å². The van der Waals surface area contributed by atoms with Gasteiger partial charge in [0.25, 0.3) is 0 Å². The first-order valence-corrected chi connectivity index (χ1v) is 11.1. The minimum absolute atomic E-state index is 0.0156. The number of pyridine rings is 1. The molecule has 31 heavy (non-hydrogen) atoms. The second kappa shape index (κ2) is 10.5. The van der Waals surface area contributed by atoms with Gasteiger partial charge in [0.1, 0.15) is 0 Å². The second-order valence-electron chi connectivity index (χ2n) is 6.99. The van der Waals surface area contributed by atoms with Crippen molar-refractivity contribution in [2.24, 2.45) is 0 Å². The Labute approximate surface area is 185 Å². The van der Waals surface area contributed by atoms with E-state index in [1.165, 1.54) is 17.3 Å². The molecular weight excluding hydrogens is 406 g/mol. The van der Waals surface area contributed by atoms with Crippen LogP contribution in [0.4, 0.5) is 0 Å². The van der Waals surface area contributed by atoms with Crippen molar-refractivity contribution in [3.8, 4) is 11.4 Å². The molecule has 0 aliphatic rings. The fourth-order valence-corrected chi connectivity index (χ4v) is 3.95. The standard InChI is InChI=1S/C24H23N5OS/c30-22(26-15-13-19-8-3-1-4-9-19)18-31-24-28-27-23(21-12-7-14-25-16-21)29(24)17-20-10-5-2-6-11-20/h1-12,14,16H,13,15,17-18H2,(H,26,30). The summed E-state index contributed by atoms with van der Waals surface area (Å²) in [4.78, 5) is 16.6. The van der Waals surface area contributed by atoms with Gasteiger partial charge < -0.3 is 5.32 Å². The summed E-state index contributed by atoms with van der Waals surface area (Å²) in [6.07, 6.45) is 4.32. The number of hydrogen-bond donors (Lipinski definition) is 1. The molecular formula is C24H23N5OS. The Hall–Kier alpha value is -3.45. The van der Waals surface area contributed by atoms with E-state index in [-0.39, 0.29) is 11.7 Å². The molecule has 156 valence electrons. The van der Waals surface area contributed by atoms with Gasteiger partial charge in [-0.2, -0.15) is 0 Å². The summed E-state index contributed by atoms with van der Waals surface area (Å²) < 4.78 is 2.04. The Morgan fingerprint density at radius 1 is 0.903 bits per heavy atom. The summed E-state index contributed by atoms with van der Waals surface area (Å²) >= 11 is 1.39. The average Bonchev–Trinajstić information content (AvgIpc) is 3.22. The van der Waals surface area contributed by atoms with E-state index in [1.807, 2.05) is 53.1 Å². The van der Waals surface area contributed by atoms with Gasteiger partial charge in [-0.15, -0.1) is 10.2 Å². The predicted molar refractivity (Wildman–Crippen MR) is 123 cm³/mol. The SMILES string of the molecule is O=C(CSc1nnc(-c2cccnc2)n1Cc1ccccc1)NCCc1ccccc1. The second-order valence-corrected chi connectivity index (χ2v) is 7.94. The largest absolute Gasteiger partial charge is 0.355 e. The summed E-state index contributed by atoms with van der Waals surface area (Å²) in [6.45, 7) is 1.23. The van der Waals surface area contributed by atoms with E-state index >= 15 is 0 Å². The van der Waals surface area contributed by atoms with Gasteiger partial charge in [0.15, 0.2) is 11.0 Å². The monoisotopic (exact) mass is 429 g/mol. The quantitative estimate of drug-likeness (QED) is 0.409. The Morgan fingerprint density at radius 2 is 1.65 bits per heavy atom. The van der Waals surface area contributed by atoms with Gasteiger partial charge >= 0.3 is 0 Å². The van der Waals surface area contributed by atoms with Crippen LogP contribution in [0.25, 0.3) is 11.4 Å². The molecule has 2 aromatic heterocycles.